The maximum Gasteiger partial charge on any atom is 0.146 e. The Morgan fingerprint density at radius 3 is 1.65 bits per heavy atom. The third-order valence-electron chi connectivity index (χ3n) is 6.66. The van der Waals surface area contributed by atoms with Crippen LogP contribution in [-0.2, 0) is 13.1 Å². The number of hydrogen-bond donors (Lipinski definition) is 4. The predicted molar refractivity (Wildman–Crippen MR) is 137 cm³/mol. The summed E-state index contributed by atoms with van der Waals surface area (Å²) in [6.07, 6.45) is 7.62. The average molecular weight is 497 g/mol. The van der Waals surface area contributed by atoms with Gasteiger partial charge in [0, 0.05) is 59.5 Å². The molecule has 6 nitrogen and oxygen atoms in total. The summed E-state index contributed by atoms with van der Waals surface area (Å²) in [4.78, 5) is 8.60. The molecule has 8 heteroatoms. The van der Waals surface area contributed by atoms with E-state index in [1.165, 1.54) is 0 Å². The molecule has 4 aromatic rings. The molecule has 1 aliphatic carbocycles. The highest BCUT2D eigenvalue weighted by Crippen LogP contribution is 2.34. The van der Waals surface area contributed by atoms with Gasteiger partial charge in [0.25, 0.3) is 0 Å². The Kier molecular flexibility index (Phi) is 6.75. The van der Waals surface area contributed by atoms with Crippen LogP contribution in [0.5, 0.6) is 11.5 Å². The van der Waals surface area contributed by atoms with Gasteiger partial charge in [0.2, 0.25) is 0 Å². The molecule has 4 N–H and O–H groups in total. The molecule has 0 saturated heterocycles. The minimum absolute atomic E-state index is 0.163. The van der Waals surface area contributed by atoms with E-state index in [9.17, 15) is 10.2 Å². The maximum absolute atomic E-state index is 10.7. The molecule has 1 fully saturated rings. The fourth-order valence-corrected chi connectivity index (χ4v) is 5.42. The molecule has 34 heavy (non-hydrogen) atoms. The molecule has 5 rings (SSSR count). The fraction of sp³-hybridized carbons (Fsp3) is 0.308. The quantitative estimate of drug-likeness (QED) is 0.274. The highest BCUT2D eigenvalue weighted by molar-refractivity contribution is 6.36. The third kappa shape index (κ3) is 4.51. The number of aromatic nitrogens is 2. The van der Waals surface area contributed by atoms with Crippen molar-refractivity contribution in [2.75, 3.05) is 0 Å². The van der Waals surface area contributed by atoms with Crippen LogP contribution in [0.2, 0.25) is 10.0 Å². The Balaban J connectivity index is 1.30. The number of phenols is 2. The first-order valence-electron chi connectivity index (χ1n) is 11.5. The number of pyridine rings is 2. The van der Waals surface area contributed by atoms with Gasteiger partial charge < -0.3 is 20.8 Å². The monoisotopic (exact) mass is 496 g/mol. The van der Waals surface area contributed by atoms with Crippen LogP contribution in [0.15, 0.2) is 48.8 Å². The van der Waals surface area contributed by atoms with E-state index in [-0.39, 0.29) is 23.6 Å². The molecule has 176 valence electrons. The van der Waals surface area contributed by atoms with Crippen LogP contribution in [0.3, 0.4) is 0 Å². The second-order valence-corrected chi connectivity index (χ2v) is 9.61. The molecule has 2 heterocycles. The SMILES string of the molecule is Oc1c(CN[C@@H]2CCCC[C@H]2NCc2cc(Cl)c3cccnc3c2O)cc(Cl)c2cccnc12. The Bertz CT molecular complexity index is 1240. The average Bonchev–Trinajstić information content (AvgIpc) is 2.87. The van der Waals surface area contributed by atoms with Crippen molar-refractivity contribution in [1.29, 1.82) is 0 Å². The second-order valence-electron chi connectivity index (χ2n) is 8.79. The molecule has 0 radical (unpaired) electrons. The second kappa shape index (κ2) is 9.92. The lowest BCUT2D eigenvalue weighted by molar-refractivity contribution is 0.279. The van der Waals surface area contributed by atoms with Crippen molar-refractivity contribution in [1.82, 2.24) is 20.6 Å². The Hall–Kier alpha value is -2.64. The Morgan fingerprint density at radius 1 is 0.765 bits per heavy atom. The first-order chi connectivity index (χ1) is 16.5. The van der Waals surface area contributed by atoms with Crippen molar-refractivity contribution in [2.24, 2.45) is 0 Å². The van der Waals surface area contributed by atoms with Gasteiger partial charge in [-0.15, -0.1) is 0 Å². The van der Waals surface area contributed by atoms with Crippen molar-refractivity contribution in [3.8, 4) is 11.5 Å². The van der Waals surface area contributed by atoms with Gasteiger partial charge in [-0.3, -0.25) is 9.97 Å². The molecule has 0 spiro atoms. The number of fused-ring (bicyclic) bond motifs is 2. The smallest absolute Gasteiger partial charge is 0.146 e. The molecule has 0 unspecified atom stereocenters. The van der Waals surface area contributed by atoms with Crippen LogP contribution < -0.4 is 10.6 Å². The molecular weight excluding hydrogens is 471 g/mol. The largest absolute Gasteiger partial charge is 0.505 e. The molecule has 2 atom stereocenters. The van der Waals surface area contributed by atoms with E-state index in [4.69, 9.17) is 23.2 Å². The van der Waals surface area contributed by atoms with Gasteiger partial charge in [-0.05, 0) is 49.2 Å². The predicted octanol–water partition coefficient (Wildman–Crippen LogP) is 5.69. The van der Waals surface area contributed by atoms with Crippen LogP contribution >= 0.6 is 23.2 Å². The highest BCUT2D eigenvalue weighted by atomic mass is 35.5. The minimum Gasteiger partial charge on any atom is -0.505 e. The van der Waals surface area contributed by atoms with E-state index >= 15 is 0 Å². The first kappa shape index (κ1) is 23.1. The van der Waals surface area contributed by atoms with Crippen molar-refractivity contribution in [3.05, 3.63) is 70.0 Å². The van der Waals surface area contributed by atoms with Crippen LogP contribution in [0.25, 0.3) is 21.8 Å². The van der Waals surface area contributed by atoms with Gasteiger partial charge >= 0.3 is 0 Å². The zero-order valence-electron chi connectivity index (χ0n) is 18.6. The molecule has 2 aromatic carbocycles. The first-order valence-corrected chi connectivity index (χ1v) is 12.3. The number of nitrogens with one attached hydrogen (secondary N) is 2. The maximum atomic E-state index is 10.7. The number of rotatable bonds is 6. The van der Waals surface area contributed by atoms with Crippen molar-refractivity contribution < 1.29 is 10.2 Å². The lowest BCUT2D eigenvalue weighted by atomic mass is 9.89. The number of hydrogen-bond acceptors (Lipinski definition) is 6. The molecular formula is C26H26Cl2N4O2. The van der Waals surface area contributed by atoms with Crippen LogP contribution in [0.4, 0.5) is 0 Å². The zero-order chi connectivity index (χ0) is 23.7. The van der Waals surface area contributed by atoms with Crippen LogP contribution in [0, 0.1) is 0 Å². The summed E-state index contributed by atoms with van der Waals surface area (Å²) in [5.41, 5.74) is 2.49. The molecule has 0 bridgehead atoms. The summed E-state index contributed by atoms with van der Waals surface area (Å²) in [5, 5.41) is 31.3. The van der Waals surface area contributed by atoms with Crippen molar-refractivity contribution in [2.45, 2.75) is 50.9 Å². The summed E-state index contributed by atoms with van der Waals surface area (Å²) >= 11 is 12.9. The van der Waals surface area contributed by atoms with Crippen LogP contribution in [0.1, 0.15) is 36.8 Å². The van der Waals surface area contributed by atoms with E-state index in [0.717, 1.165) is 47.6 Å². The molecule has 1 aliphatic rings. The number of phenolic OH excluding ortho intramolecular Hbond substituents is 2. The minimum atomic E-state index is 0.163. The number of halogens is 2. The fourth-order valence-electron chi connectivity index (χ4n) is 4.85. The van der Waals surface area contributed by atoms with E-state index in [1.54, 1.807) is 36.7 Å². The summed E-state index contributed by atoms with van der Waals surface area (Å²) in [5.74, 6) is 0.326. The number of aromatic hydroxyl groups is 2. The lowest BCUT2D eigenvalue weighted by Gasteiger charge is -2.33. The van der Waals surface area contributed by atoms with E-state index in [0.29, 0.717) is 34.2 Å². The Labute approximate surface area is 207 Å². The van der Waals surface area contributed by atoms with Gasteiger partial charge in [-0.2, -0.15) is 0 Å². The number of nitrogens with zero attached hydrogens (tertiary/aromatic N) is 2. The van der Waals surface area contributed by atoms with Gasteiger partial charge in [0.1, 0.15) is 22.5 Å². The lowest BCUT2D eigenvalue weighted by Crippen LogP contribution is -2.49. The van der Waals surface area contributed by atoms with Gasteiger partial charge in [0.05, 0.1) is 10.0 Å². The summed E-state index contributed by atoms with van der Waals surface area (Å²) < 4.78 is 0. The Morgan fingerprint density at radius 2 is 1.21 bits per heavy atom. The highest BCUT2D eigenvalue weighted by Gasteiger charge is 2.25. The summed E-state index contributed by atoms with van der Waals surface area (Å²) in [6, 6.07) is 11.4. The summed E-state index contributed by atoms with van der Waals surface area (Å²) in [7, 11) is 0. The van der Waals surface area contributed by atoms with E-state index in [2.05, 4.69) is 20.6 Å². The van der Waals surface area contributed by atoms with Crippen molar-refractivity contribution >= 4 is 45.0 Å². The molecule has 0 aliphatic heterocycles. The number of benzene rings is 2. The van der Waals surface area contributed by atoms with Crippen molar-refractivity contribution in [3.63, 3.8) is 0 Å². The topological polar surface area (TPSA) is 90.3 Å². The van der Waals surface area contributed by atoms with Gasteiger partial charge in [-0.25, -0.2) is 0 Å². The molecule has 0 amide bonds. The molecule has 2 aromatic heterocycles. The van der Waals surface area contributed by atoms with E-state index in [1.807, 2.05) is 12.1 Å². The van der Waals surface area contributed by atoms with E-state index < -0.39 is 0 Å². The molecule has 1 saturated carbocycles. The van der Waals surface area contributed by atoms with Gasteiger partial charge in [0.15, 0.2) is 0 Å². The van der Waals surface area contributed by atoms with Gasteiger partial charge in [-0.1, -0.05) is 36.0 Å². The zero-order valence-corrected chi connectivity index (χ0v) is 20.1. The normalized spacial score (nSPS) is 18.5. The summed E-state index contributed by atoms with van der Waals surface area (Å²) in [6.45, 7) is 0.968. The van der Waals surface area contributed by atoms with Crippen LogP contribution in [-0.4, -0.2) is 32.3 Å². The standard InChI is InChI=1S/C26H26Cl2N4O2/c27-19-11-15(25(33)23-17(19)5-3-9-29-23)13-31-21-7-1-2-8-22(21)32-14-16-12-20(28)18-6-4-10-30-24(18)26(16)34/h3-6,9-12,21-22,31-34H,1-2,7-8,13-14H2/t21-,22-/m1/s1. The third-order valence-corrected chi connectivity index (χ3v) is 7.29.